The molecule has 384 valence electrons. The third kappa shape index (κ3) is 13.6. The number of carbonyl (C=O) groups is 2. The van der Waals surface area contributed by atoms with Gasteiger partial charge in [-0.25, -0.2) is 19.9 Å². The molecule has 0 bridgehead atoms. The van der Waals surface area contributed by atoms with E-state index in [0.717, 1.165) is 74.4 Å². The van der Waals surface area contributed by atoms with Crippen LogP contribution in [0.3, 0.4) is 0 Å². The van der Waals surface area contributed by atoms with Crippen LogP contribution in [0.5, 0.6) is 0 Å². The van der Waals surface area contributed by atoms with Gasteiger partial charge in [-0.2, -0.15) is 26.3 Å². The largest absolute Gasteiger partial charge is 0.416 e. The van der Waals surface area contributed by atoms with Gasteiger partial charge in [0.15, 0.2) is 0 Å². The third-order valence-corrected chi connectivity index (χ3v) is 12.8. The van der Waals surface area contributed by atoms with Gasteiger partial charge in [-0.05, 0) is 126 Å². The van der Waals surface area contributed by atoms with E-state index in [-0.39, 0.29) is 46.5 Å². The van der Waals surface area contributed by atoms with Crippen LogP contribution in [-0.2, 0) is 12.4 Å². The van der Waals surface area contributed by atoms with Gasteiger partial charge >= 0.3 is 12.4 Å². The number of nitrogens with one attached hydrogen (secondary N) is 2. The maximum absolute atomic E-state index is 13.5. The number of anilines is 6. The van der Waals surface area contributed by atoms with Crippen molar-refractivity contribution < 1.29 is 35.9 Å². The quantitative estimate of drug-likeness (QED) is 0.0849. The third-order valence-electron chi connectivity index (χ3n) is 12.8. The van der Waals surface area contributed by atoms with Crippen LogP contribution in [-0.4, -0.2) is 108 Å². The van der Waals surface area contributed by atoms with E-state index in [9.17, 15) is 35.9 Å². The van der Waals surface area contributed by atoms with Gasteiger partial charge in [-0.3, -0.25) is 9.59 Å². The fourth-order valence-corrected chi connectivity index (χ4v) is 8.36. The molecule has 0 spiro atoms. The number of likely N-dealkylation sites (tertiary alicyclic amines) is 2. The Morgan fingerprint density at radius 2 is 0.946 bits per heavy atom. The molecule has 4 heterocycles. The average molecular weight is 1020 g/mol. The highest BCUT2D eigenvalue weighted by molar-refractivity contribution is 6.07. The Hall–Kier alpha value is -8.20. The number of aromatic nitrogens is 4. The number of nitrogen functional groups attached to an aromatic ring is 2. The van der Waals surface area contributed by atoms with Crippen molar-refractivity contribution in [1.29, 1.82) is 0 Å². The van der Waals surface area contributed by atoms with E-state index in [4.69, 9.17) is 11.5 Å². The lowest BCUT2D eigenvalue weighted by Crippen LogP contribution is -2.34. The van der Waals surface area contributed by atoms with Gasteiger partial charge in [0.2, 0.25) is 11.9 Å². The molecule has 0 aliphatic carbocycles. The molecule has 2 saturated heterocycles. The second-order valence-corrected chi connectivity index (χ2v) is 18.2. The Kier molecular flexibility index (Phi) is 16.4. The number of rotatable bonds is 8. The lowest BCUT2D eigenvalue weighted by Gasteiger charge is -2.29. The molecule has 6 N–H and O–H groups in total. The van der Waals surface area contributed by atoms with Crippen molar-refractivity contribution in [3.63, 3.8) is 0 Å². The maximum Gasteiger partial charge on any atom is 0.416 e. The van der Waals surface area contributed by atoms with E-state index in [1.807, 2.05) is 51.8 Å². The van der Waals surface area contributed by atoms with Crippen molar-refractivity contribution in [2.45, 2.75) is 51.1 Å². The predicted octanol–water partition coefficient (Wildman–Crippen LogP) is 8.36. The van der Waals surface area contributed by atoms with Crippen molar-refractivity contribution in [3.05, 3.63) is 153 Å². The highest BCUT2D eigenvalue weighted by atomic mass is 19.4. The van der Waals surface area contributed by atoms with Gasteiger partial charge in [0, 0.05) is 86.3 Å². The normalized spacial score (nSPS) is 15.7. The maximum atomic E-state index is 13.5. The van der Waals surface area contributed by atoms with Crippen LogP contribution in [0, 0.1) is 37.5 Å². The summed E-state index contributed by atoms with van der Waals surface area (Å²) in [5, 5.41) is 5.41. The molecular weight excluding hydrogens is 963 g/mol. The van der Waals surface area contributed by atoms with Crippen molar-refractivity contribution in [2.24, 2.45) is 0 Å². The summed E-state index contributed by atoms with van der Waals surface area (Å²) in [7, 11) is 7.67. The first-order chi connectivity index (χ1) is 35.0. The Bertz CT molecular complexity index is 2930. The zero-order valence-corrected chi connectivity index (χ0v) is 41.5. The van der Waals surface area contributed by atoms with E-state index in [2.05, 4.69) is 64.1 Å². The van der Waals surface area contributed by atoms with Crippen LogP contribution in [0.2, 0.25) is 0 Å². The molecule has 6 aromatic rings. The van der Waals surface area contributed by atoms with Crippen LogP contribution in [0.1, 0.15) is 78.1 Å². The minimum Gasteiger partial charge on any atom is -0.369 e. The van der Waals surface area contributed by atoms with Crippen LogP contribution < -0.4 is 31.9 Å². The lowest BCUT2D eigenvalue weighted by atomic mass is 10.0. The highest BCUT2D eigenvalue weighted by Gasteiger charge is 2.34. The van der Waals surface area contributed by atoms with Crippen LogP contribution in [0.15, 0.2) is 97.6 Å². The number of amides is 2. The number of carbonyl (C=O) groups excluding carboxylic acids is 2. The second kappa shape index (κ2) is 22.7. The molecule has 0 saturated carbocycles. The first-order valence-corrected chi connectivity index (χ1v) is 23.3. The number of nitrogens with zero attached hydrogens (tertiary/aromatic N) is 8. The number of hydrogen-bond donors (Lipinski definition) is 4. The molecule has 2 amide bonds. The topological polar surface area (TPSA) is 175 Å². The van der Waals surface area contributed by atoms with Gasteiger partial charge in [0.05, 0.1) is 45.0 Å². The van der Waals surface area contributed by atoms with Gasteiger partial charge in [0.25, 0.3) is 11.8 Å². The zero-order chi connectivity index (χ0) is 53.5. The van der Waals surface area contributed by atoms with E-state index in [1.165, 1.54) is 36.9 Å². The first kappa shape index (κ1) is 53.6. The minimum absolute atomic E-state index is 0.101. The van der Waals surface area contributed by atoms with Crippen LogP contribution in [0.25, 0.3) is 0 Å². The molecule has 4 aromatic carbocycles. The molecule has 2 aliphatic rings. The molecular formula is C54H54F6N12O2. The Balaban J connectivity index is 0.000000216. The number of aryl methyl sites for hydroxylation is 2. The van der Waals surface area contributed by atoms with E-state index in [0.29, 0.717) is 33.6 Å². The molecule has 74 heavy (non-hydrogen) atoms. The number of alkyl halides is 6. The van der Waals surface area contributed by atoms with Crippen LogP contribution in [0.4, 0.5) is 61.0 Å². The SMILES string of the molecule is Cc1ccc(C(=O)Nc2cc(C(F)(F)F)ccc2N(C)[C@@H]2CCN(C)C2)cc1C#Cc1cnc(N)nc1.Cc1ccc(C(=O)Nc2cc(C(F)(F)F)ccc2N(C)[C@H]2CCN(C)C2)cc1C#Cc1cnc(N)nc1. The summed E-state index contributed by atoms with van der Waals surface area (Å²) in [5.74, 6) is 11.1. The summed E-state index contributed by atoms with van der Waals surface area (Å²) in [6.45, 7) is 7.06. The molecule has 2 atom stereocenters. The summed E-state index contributed by atoms with van der Waals surface area (Å²) < 4.78 is 81.0. The second-order valence-electron chi connectivity index (χ2n) is 18.2. The molecule has 2 aliphatic heterocycles. The molecule has 2 aromatic heterocycles. The van der Waals surface area contributed by atoms with Gasteiger partial charge < -0.3 is 41.7 Å². The van der Waals surface area contributed by atoms with E-state index < -0.39 is 35.3 Å². The van der Waals surface area contributed by atoms with Crippen molar-refractivity contribution in [1.82, 2.24) is 29.7 Å². The standard InChI is InChI=1S/2C27H27F3N6O/c2*1-17-4-6-20(12-19(17)7-5-18-14-32-26(31)33-15-18)25(37)34-23-13-21(27(28,29)30)8-9-24(23)36(3)22-10-11-35(2)16-22/h2*4,6,8-9,12-15,22H,10-11,16H2,1-3H3,(H,34,37)(H2,31,32,33)/t2*22-/m10/s1. The Morgan fingerprint density at radius 3 is 1.27 bits per heavy atom. The number of benzene rings is 4. The number of halogens is 6. The number of nitrogens with two attached hydrogens (primary N) is 2. The lowest BCUT2D eigenvalue weighted by molar-refractivity contribution is -0.138. The average Bonchev–Trinajstić information content (AvgIpc) is 4.01. The summed E-state index contributed by atoms with van der Waals surface area (Å²) in [6, 6.07) is 17.1. The smallest absolute Gasteiger partial charge is 0.369 e. The van der Waals surface area contributed by atoms with Crippen molar-refractivity contribution in [2.75, 3.05) is 86.3 Å². The van der Waals surface area contributed by atoms with Gasteiger partial charge in [0.1, 0.15) is 0 Å². The highest BCUT2D eigenvalue weighted by Crippen LogP contribution is 2.38. The summed E-state index contributed by atoms with van der Waals surface area (Å²) >= 11 is 0. The van der Waals surface area contributed by atoms with Crippen molar-refractivity contribution >= 4 is 46.5 Å². The van der Waals surface area contributed by atoms with Gasteiger partial charge in [-0.15, -0.1) is 0 Å². The number of likely N-dealkylation sites (N-methyl/N-ethyl adjacent to an activating group) is 4. The molecule has 2 fully saturated rings. The summed E-state index contributed by atoms with van der Waals surface area (Å²) in [4.78, 5) is 50.2. The molecule has 0 radical (unpaired) electrons. The predicted molar refractivity (Wildman–Crippen MR) is 275 cm³/mol. The fourth-order valence-electron chi connectivity index (χ4n) is 8.36. The monoisotopic (exact) mass is 1020 g/mol. The zero-order valence-electron chi connectivity index (χ0n) is 41.5. The molecule has 8 rings (SSSR count). The molecule has 20 heteroatoms. The Labute approximate surface area is 425 Å². The van der Waals surface area contributed by atoms with Crippen LogP contribution >= 0.6 is 0 Å². The molecule has 14 nitrogen and oxygen atoms in total. The summed E-state index contributed by atoms with van der Waals surface area (Å²) in [5.41, 5.74) is 15.1. The first-order valence-electron chi connectivity index (χ1n) is 23.3. The number of hydrogen-bond acceptors (Lipinski definition) is 12. The van der Waals surface area contributed by atoms with E-state index >= 15 is 0 Å². The Morgan fingerprint density at radius 1 is 0.581 bits per heavy atom. The van der Waals surface area contributed by atoms with Crippen molar-refractivity contribution in [3.8, 4) is 23.7 Å². The fraction of sp³-hybridized carbons (Fsp3) is 0.296. The summed E-state index contributed by atoms with van der Waals surface area (Å²) in [6.07, 6.45) is -1.35. The van der Waals surface area contributed by atoms with Gasteiger partial charge in [-0.1, -0.05) is 35.8 Å². The van der Waals surface area contributed by atoms with E-state index in [1.54, 1.807) is 36.4 Å². The molecule has 0 unspecified atom stereocenters. The minimum atomic E-state index is -4.54.